The molecule has 0 radical (unpaired) electrons. The molecule has 2 aliphatic rings. The molecule has 2 N–H and O–H groups in total. The summed E-state index contributed by atoms with van der Waals surface area (Å²) in [5.41, 5.74) is 1.21. The molecule has 2 aliphatic heterocycles. The summed E-state index contributed by atoms with van der Waals surface area (Å²) >= 11 is 1.26. The van der Waals surface area contributed by atoms with Crippen LogP contribution in [0.1, 0.15) is 31.4 Å². The van der Waals surface area contributed by atoms with Gasteiger partial charge in [0.15, 0.2) is 17.2 Å². The number of aliphatic hydroxyl groups is 1. The van der Waals surface area contributed by atoms with Crippen LogP contribution in [-0.4, -0.2) is 63.1 Å². The molecule has 0 atom stereocenters. The Kier molecular flexibility index (Phi) is 4.29. The average molecular weight is 379 g/mol. The Hall–Kier alpha value is -2.59. The van der Waals surface area contributed by atoms with Crippen LogP contribution < -0.4 is 9.47 Å². The maximum Gasteiger partial charge on any atom is 0.356 e. The second-order valence-corrected chi connectivity index (χ2v) is 6.84. The monoisotopic (exact) mass is 379 g/mol. The van der Waals surface area contributed by atoms with Crippen molar-refractivity contribution >= 4 is 23.2 Å². The normalized spacial score (nSPS) is 15.7. The molecule has 0 aliphatic carbocycles. The SMILES string of the molecule is O=C(O)c1nn(CCO)c2c1CN(C(=O)c1scc3c1OCCO3)CC2. The second-order valence-electron chi connectivity index (χ2n) is 5.96. The fourth-order valence-corrected chi connectivity index (χ4v) is 4.17. The fourth-order valence-electron chi connectivity index (χ4n) is 3.27. The van der Waals surface area contributed by atoms with Gasteiger partial charge in [-0.2, -0.15) is 5.10 Å². The summed E-state index contributed by atoms with van der Waals surface area (Å²) in [4.78, 5) is 26.5. The number of thiophene rings is 1. The van der Waals surface area contributed by atoms with E-state index in [0.29, 0.717) is 48.1 Å². The summed E-state index contributed by atoms with van der Waals surface area (Å²) in [5, 5.41) is 24.4. The molecule has 0 unspecified atom stereocenters. The number of rotatable bonds is 4. The molecule has 2 aromatic heterocycles. The number of amides is 1. The van der Waals surface area contributed by atoms with Crippen molar-refractivity contribution < 1.29 is 29.3 Å². The lowest BCUT2D eigenvalue weighted by Gasteiger charge is -2.28. The minimum absolute atomic E-state index is 0.0706. The highest BCUT2D eigenvalue weighted by atomic mass is 32.1. The third-order valence-corrected chi connectivity index (χ3v) is 5.36. The summed E-state index contributed by atoms with van der Waals surface area (Å²) in [7, 11) is 0. The van der Waals surface area contributed by atoms with Gasteiger partial charge in [-0.1, -0.05) is 0 Å². The molecule has 0 spiro atoms. The van der Waals surface area contributed by atoms with Gasteiger partial charge in [-0.3, -0.25) is 9.48 Å². The number of aromatic carboxylic acids is 1. The van der Waals surface area contributed by atoms with Crippen LogP contribution in [0.15, 0.2) is 5.38 Å². The Bertz CT molecular complexity index is 874. The number of aliphatic hydroxyl groups excluding tert-OH is 1. The zero-order valence-electron chi connectivity index (χ0n) is 13.8. The van der Waals surface area contributed by atoms with Gasteiger partial charge in [0, 0.05) is 29.6 Å². The van der Waals surface area contributed by atoms with Crippen LogP contribution in [-0.2, 0) is 19.5 Å². The summed E-state index contributed by atoms with van der Waals surface area (Å²) in [6, 6.07) is 0. The standard InChI is InChI=1S/C16H17N3O6S/c20-4-3-19-10-1-2-18(7-9(10)12(17-19)16(22)23)15(21)14-13-11(8-26-14)24-5-6-25-13/h8,20H,1-7H2,(H,22,23). The molecule has 0 saturated heterocycles. The smallest absolute Gasteiger partial charge is 0.356 e. The largest absolute Gasteiger partial charge is 0.485 e. The van der Waals surface area contributed by atoms with E-state index >= 15 is 0 Å². The number of hydrogen-bond donors (Lipinski definition) is 2. The molecule has 0 fully saturated rings. The topological polar surface area (TPSA) is 114 Å². The van der Waals surface area contributed by atoms with Crippen molar-refractivity contribution in [2.45, 2.75) is 19.5 Å². The molecule has 2 aromatic rings. The molecule has 26 heavy (non-hydrogen) atoms. The van der Waals surface area contributed by atoms with Gasteiger partial charge in [0.25, 0.3) is 5.91 Å². The van der Waals surface area contributed by atoms with Crippen molar-refractivity contribution in [2.24, 2.45) is 0 Å². The Morgan fingerprint density at radius 2 is 2.12 bits per heavy atom. The van der Waals surface area contributed by atoms with Crippen LogP contribution in [0.4, 0.5) is 0 Å². The van der Waals surface area contributed by atoms with E-state index in [9.17, 15) is 14.7 Å². The molecule has 0 saturated carbocycles. The third-order valence-electron chi connectivity index (χ3n) is 4.43. The first-order chi connectivity index (χ1) is 12.6. The molecule has 10 heteroatoms. The molecule has 4 rings (SSSR count). The average Bonchev–Trinajstić information content (AvgIpc) is 3.23. The first-order valence-electron chi connectivity index (χ1n) is 8.19. The zero-order valence-corrected chi connectivity index (χ0v) is 14.6. The van der Waals surface area contributed by atoms with Gasteiger partial charge in [0.1, 0.15) is 18.1 Å². The molecular formula is C16H17N3O6S. The number of carboxylic acids is 1. The van der Waals surface area contributed by atoms with E-state index < -0.39 is 5.97 Å². The van der Waals surface area contributed by atoms with Crippen LogP contribution in [0.25, 0.3) is 0 Å². The summed E-state index contributed by atoms with van der Waals surface area (Å²) in [5.74, 6) is -0.313. The van der Waals surface area contributed by atoms with E-state index in [0.717, 1.165) is 5.69 Å². The van der Waals surface area contributed by atoms with E-state index in [1.165, 1.54) is 16.0 Å². The Balaban J connectivity index is 1.63. The van der Waals surface area contributed by atoms with Crippen LogP contribution in [0.2, 0.25) is 0 Å². The minimum atomic E-state index is -1.14. The van der Waals surface area contributed by atoms with E-state index in [1.54, 1.807) is 10.3 Å². The highest BCUT2D eigenvalue weighted by molar-refractivity contribution is 7.12. The first-order valence-corrected chi connectivity index (χ1v) is 9.07. The predicted octanol–water partition coefficient (Wildman–Crippen LogP) is 0.605. The predicted molar refractivity (Wildman–Crippen MR) is 90.0 cm³/mol. The zero-order chi connectivity index (χ0) is 18.3. The van der Waals surface area contributed by atoms with Gasteiger partial charge in [-0.25, -0.2) is 4.79 Å². The number of carboxylic acid groups (broad SMARTS) is 1. The van der Waals surface area contributed by atoms with Gasteiger partial charge in [-0.15, -0.1) is 11.3 Å². The maximum absolute atomic E-state index is 12.9. The van der Waals surface area contributed by atoms with Gasteiger partial charge < -0.3 is 24.6 Å². The number of nitrogens with zero attached hydrogens (tertiary/aromatic N) is 3. The number of fused-ring (bicyclic) bond motifs is 2. The first kappa shape index (κ1) is 16.9. The van der Waals surface area contributed by atoms with Gasteiger partial charge in [0.2, 0.25) is 0 Å². The van der Waals surface area contributed by atoms with Crippen molar-refractivity contribution in [3.63, 3.8) is 0 Å². The lowest BCUT2D eigenvalue weighted by molar-refractivity contribution is 0.0673. The molecule has 1 amide bonds. The summed E-state index contributed by atoms with van der Waals surface area (Å²) < 4.78 is 12.6. The molecule has 0 aromatic carbocycles. The summed E-state index contributed by atoms with van der Waals surface area (Å²) in [6.07, 6.45) is 0.478. The van der Waals surface area contributed by atoms with E-state index in [4.69, 9.17) is 14.6 Å². The Morgan fingerprint density at radius 3 is 2.88 bits per heavy atom. The van der Waals surface area contributed by atoms with Crippen molar-refractivity contribution in [1.29, 1.82) is 0 Å². The minimum Gasteiger partial charge on any atom is -0.485 e. The summed E-state index contributed by atoms with van der Waals surface area (Å²) in [6.45, 7) is 1.55. The van der Waals surface area contributed by atoms with Gasteiger partial charge in [0.05, 0.1) is 19.7 Å². The number of carbonyl (C=O) groups excluding carboxylic acids is 1. The third kappa shape index (κ3) is 2.71. The lowest BCUT2D eigenvalue weighted by atomic mass is 10.0. The highest BCUT2D eigenvalue weighted by Crippen LogP contribution is 2.40. The number of ether oxygens (including phenoxy) is 2. The molecule has 0 bridgehead atoms. The van der Waals surface area contributed by atoms with Crippen LogP contribution in [0, 0.1) is 0 Å². The van der Waals surface area contributed by atoms with Gasteiger partial charge >= 0.3 is 5.97 Å². The van der Waals surface area contributed by atoms with Crippen molar-refractivity contribution in [2.75, 3.05) is 26.4 Å². The van der Waals surface area contributed by atoms with E-state index in [-0.39, 0.29) is 31.3 Å². The maximum atomic E-state index is 12.9. The van der Waals surface area contributed by atoms with E-state index in [1.807, 2.05) is 0 Å². The number of hydrogen-bond acceptors (Lipinski definition) is 7. The van der Waals surface area contributed by atoms with Gasteiger partial charge in [-0.05, 0) is 0 Å². The fraction of sp³-hybridized carbons (Fsp3) is 0.438. The second kappa shape index (κ2) is 6.61. The highest BCUT2D eigenvalue weighted by Gasteiger charge is 2.33. The van der Waals surface area contributed by atoms with E-state index in [2.05, 4.69) is 5.10 Å². The molecular weight excluding hydrogens is 362 g/mol. The number of aromatic nitrogens is 2. The lowest BCUT2D eigenvalue weighted by Crippen LogP contribution is -2.36. The molecule has 9 nitrogen and oxygen atoms in total. The van der Waals surface area contributed by atoms with Crippen molar-refractivity contribution in [3.8, 4) is 11.5 Å². The Labute approximate surface area is 152 Å². The Morgan fingerprint density at radius 1 is 1.31 bits per heavy atom. The van der Waals surface area contributed by atoms with Crippen molar-refractivity contribution in [1.82, 2.24) is 14.7 Å². The van der Waals surface area contributed by atoms with Crippen LogP contribution in [0.5, 0.6) is 11.5 Å². The number of carbonyl (C=O) groups is 2. The molecule has 138 valence electrons. The van der Waals surface area contributed by atoms with Crippen molar-refractivity contribution in [3.05, 3.63) is 27.2 Å². The van der Waals surface area contributed by atoms with Crippen LogP contribution >= 0.6 is 11.3 Å². The quantitative estimate of drug-likeness (QED) is 0.800. The van der Waals surface area contributed by atoms with Crippen LogP contribution in [0.3, 0.4) is 0 Å². The molecule has 4 heterocycles.